The standard InChI is InChI=1S/C19H19N5O3/c1-26-18-6-5-14(11-21-18)24-17(15-4-2-3-8-20-15)10-16(23-24)19(25)22-13-7-9-27-12-13/h2-6,8,10-11,13H,7,9,12H2,1H3,(H,22,25). The lowest BCUT2D eigenvalue weighted by molar-refractivity contribution is 0.0924. The summed E-state index contributed by atoms with van der Waals surface area (Å²) in [5.74, 6) is 0.271. The number of rotatable bonds is 5. The molecule has 0 bridgehead atoms. The highest BCUT2D eigenvalue weighted by atomic mass is 16.5. The van der Waals surface area contributed by atoms with Gasteiger partial charge in [0.1, 0.15) is 0 Å². The quantitative estimate of drug-likeness (QED) is 0.742. The molecule has 4 rings (SSSR count). The van der Waals surface area contributed by atoms with Gasteiger partial charge in [-0.1, -0.05) is 6.07 Å². The summed E-state index contributed by atoms with van der Waals surface area (Å²) >= 11 is 0. The number of carbonyl (C=O) groups is 1. The first-order valence-corrected chi connectivity index (χ1v) is 8.65. The number of carbonyl (C=O) groups excluding carboxylic acids is 1. The van der Waals surface area contributed by atoms with Gasteiger partial charge >= 0.3 is 0 Å². The Balaban J connectivity index is 1.71. The van der Waals surface area contributed by atoms with Crippen LogP contribution in [0.1, 0.15) is 16.9 Å². The maximum atomic E-state index is 12.6. The number of hydrogen-bond acceptors (Lipinski definition) is 6. The second-order valence-corrected chi connectivity index (χ2v) is 6.13. The van der Waals surface area contributed by atoms with Crippen LogP contribution in [0.25, 0.3) is 17.1 Å². The number of aromatic nitrogens is 4. The van der Waals surface area contributed by atoms with E-state index in [1.54, 1.807) is 36.3 Å². The zero-order chi connectivity index (χ0) is 18.6. The van der Waals surface area contributed by atoms with Gasteiger partial charge in [-0.15, -0.1) is 0 Å². The van der Waals surface area contributed by atoms with Crippen molar-refractivity contribution in [2.75, 3.05) is 20.3 Å². The van der Waals surface area contributed by atoms with Crippen LogP contribution in [0.2, 0.25) is 0 Å². The van der Waals surface area contributed by atoms with Gasteiger partial charge < -0.3 is 14.8 Å². The van der Waals surface area contributed by atoms with E-state index in [0.717, 1.165) is 6.42 Å². The summed E-state index contributed by atoms with van der Waals surface area (Å²) in [7, 11) is 1.56. The van der Waals surface area contributed by atoms with E-state index in [1.807, 2.05) is 24.3 Å². The first kappa shape index (κ1) is 17.2. The summed E-state index contributed by atoms with van der Waals surface area (Å²) < 4.78 is 12.1. The van der Waals surface area contributed by atoms with Crippen LogP contribution < -0.4 is 10.1 Å². The Morgan fingerprint density at radius 2 is 2.22 bits per heavy atom. The Morgan fingerprint density at radius 3 is 2.89 bits per heavy atom. The van der Waals surface area contributed by atoms with E-state index >= 15 is 0 Å². The van der Waals surface area contributed by atoms with Crippen molar-refractivity contribution in [3.05, 3.63) is 54.5 Å². The van der Waals surface area contributed by atoms with Crippen molar-refractivity contribution >= 4 is 5.91 Å². The summed E-state index contributed by atoms with van der Waals surface area (Å²) in [5, 5.41) is 7.46. The highest BCUT2D eigenvalue weighted by Crippen LogP contribution is 2.23. The number of hydrogen-bond donors (Lipinski definition) is 1. The van der Waals surface area contributed by atoms with Crippen LogP contribution >= 0.6 is 0 Å². The number of methoxy groups -OCH3 is 1. The zero-order valence-electron chi connectivity index (χ0n) is 14.8. The number of nitrogens with one attached hydrogen (secondary N) is 1. The normalized spacial score (nSPS) is 16.3. The Labute approximate surface area is 156 Å². The molecule has 0 aliphatic carbocycles. The van der Waals surface area contributed by atoms with Gasteiger partial charge in [-0.25, -0.2) is 9.67 Å². The Kier molecular flexibility index (Phi) is 4.80. The van der Waals surface area contributed by atoms with Crippen molar-refractivity contribution in [3.63, 3.8) is 0 Å². The van der Waals surface area contributed by atoms with Crippen molar-refractivity contribution in [1.82, 2.24) is 25.1 Å². The topological polar surface area (TPSA) is 91.2 Å². The van der Waals surface area contributed by atoms with Crippen molar-refractivity contribution in [3.8, 4) is 23.0 Å². The van der Waals surface area contributed by atoms with Crippen molar-refractivity contribution in [2.24, 2.45) is 0 Å². The first-order chi connectivity index (χ1) is 13.2. The van der Waals surface area contributed by atoms with Crippen LogP contribution in [0.3, 0.4) is 0 Å². The molecule has 0 spiro atoms. The molecule has 0 radical (unpaired) electrons. The minimum Gasteiger partial charge on any atom is -0.481 e. The van der Waals surface area contributed by atoms with Gasteiger partial charge in [-0.2, -0.15) is 5.10 Å². The minimum absolute atomic E-state index is 0.0172. The van der Waals surface area contributed by atoms with Gasteiger partial charge in [0, 0.05) is 18.9 Å². The number of pyridine rings is 2. The molecule has 1 fully saturated rings. The van der Waals surface area contributed by atoms with Gasteiger partial charge in [0.2, 0.25) is 5.88 Å². The summed E-state index contributed by atoms with van der Waals surface area (Å²) in [6, 6.07) is 10.9. The second kappa shape index (κ2) is 7.55. The van der Waals surface area contributed by atoms with Gasteiger partial charge in [0.25, 0.3) is 5.91 Å². The largest absolute Gasteiger partial charge is 0.481 e. The molecule has 1 atom stereocenters. The molecule has 1 unspecified atom stereocenters. The molecular formula is C19H19N5O3. The SMILES string of the molecule is COc1ccc(-n2nc(C(=O)NC3CCOC3)cc2-c2ccccn2)cn1. The fourth-order valence-electron chi connectivity index (χ4n) is 2.91. The second-order valence-electron chi connectivity index (χ2n) is 6.13. The van der Waals surface area contributed by atoms with Crippen LogP contribution in [0.4, 0.5) is 0 Å². The number of amides is 1. The van der Waals surface area contributed by atoms with E-state index < -0.39 is 0 Å². The Hall–Kier alpha value is -3.26. The predicted octanol–water partition coefficient (Wildman–Crippen LogP) is 1.86. The molecule has 1 saturated heterocycles. The lowest BCUT2D eigenvalue weighted by Crippen LogP contribution is -2.35. The molecule has 27 heavy (non-hydrogen) atoms. The van der Waals surface area contributed by atoms with Gasteiger partial charge in [0.15, 0.2) is 5.69 Å². The molecule has 0 saturated carbocycles. The fourth-order valence-corrected chi connectivity index (χ4v) is 2.91. The highest BCUT2D eigenvalue weighted by Gasteiger charge is 2.22. The molecule has 8 nitrogen and oxygen atoms in total. The van der Waals surface area contributed by atoms with Gasteiger partial charge in [-0.3, -0.25) is 9.78 Å². The summed E-state index contributed by atoms with van der Waals surface area (Å²) in [6.45, 7) is 1.19. The smallest absolute Gasteiger partial charge is 0.272 e. The molecule has 8 heteroatoms. The van der Waals surface area contributed by atoms with Crippen molar-refractivity contribution < 1.29 is 14.3 Å². The van der Waals surface area contributed by atoms with E-state index in [-0.39, 0.29) is 11.9 Å². The summed E-state index contributed by atoms with van der Waals surface area (Å²) in [5.41, 5.74) is 2.44. The molecule has 1 aliphatic rings. The van der Waals surface area contributed by atoms with E-state index in [0.29, 0.717) is 41.9 Å². The van der Waals surface area contributed by atoms with Crippen LogP contribution in [-0.4, -0.2) is 52.0 Å². The molecule has 4 heterocycles. The molecule has 1 amide bonds. The van der Waals surface area contributed by atoms with E-state index in [4.69, 9.17) is 9.47 Å². The van der Waals surface area contributed by atoms with E-state index in [9.17, 15) is 4.79 Å². The Morgan fingerprint density at radius 1 is 1.30 bits per heavy atom. The maximum absolute atomic E-state index is 12.6. The van der Waals surface area contributed by atoms with E-state index in [2.05, 4.69) is 20.4 Å². The number of nitrogens with zero attached hydrogens (tertiary/aromatic N) is 4. The molecule has 3 aromatic rings. The first-order valence-electron chi connectivity index (χ1n) is 8.65. The summed E-state index contributed by atoms with van der Waals surface area (Å²) in [6.07, 6.45) is 4.15. The molecular weight excluding hydrogens is 346 g/mol. The maximum Gasteiger partial charge on any atom is 0.272 e. The third-order valence-corrected chi connectivity index (χ3v) is 4.31. The average molecular weight is 365 g/mol. The van der Waals surface area contributed by atoms with Crippen LogP contribution in [0.5, 0.6) is 5.88 Å². The highest BCUT2D eigenvalue weighted by molar-refractivity contribution is 5.93. The van der Waals surface area contributed by atoms with Gasteiger partial charge in [0.05, 0.1) is 43.0 Å². The molecule has 1 N–H and O–H groups in total. The monoisotopic (exact) mass is 365 g/mol. The minimum atomic E-state index is -0.233. The molecule has 0 aromatic carbocycles. The van der Waals surface area contributed by atoms with E-state index in [1.165, 1.54) is 0 Å². The summed E-state index contributed by atoms with van der Waals surface area (Å²) in [4.78, 5) is 21.2. The predicted molar refractivity (Wildman–Crippen MR) is 97.8 cm³/mol. The van der Waals surface area contributed by atoms with Crippen molar-refractivity contribution in [1.29, 1.82) is 0 Å². The van der Waals surface area contributed by atoms with Crippen LogP contribution in [0, 0.1) is 0 Å². The zero-order valence-corrected chi connectivity index (χ0v) is 14.8. The van der Waals surface area contributed by atoms with Gasteiger partial charge in [-0.05, 0) is 30.7 Å². The Bertz CT molecular complexity index is 918. The molecule has 1 aliphatic heterocycles. The molecule has 138 valence electrons. The average Bonchev–Trinajstić information content (AvgIpc) is 3.39. The fraction of sp³-hybridized carbons (Fsp3) is 0.263. The molecule has 3 aromatic heterocycles. The lowest BCUT2D eigenvalue weighted by atomic mass is 10.2. The lowest BCUT2D eigenvalue weighted by Gasteiger charge is -2.08. The third kappa shape index (κ3) is 3.65. The number of ether oxygens (including phenoxy) is 2. The van der Waals surface area contributed by atoms with Crippen LogP contribution in [-0.2, 0) is 4.74 Å². The van der Waals surface area contributed by atoms with Crippen molar-refractivity contribution in [2.45, 2.75) is 12.5 Å². The third-order valence-electron chi connectivity index (χ3n) is 4.31. The van der Waals surface area contributed by atoms with Crippen LogP contribution in [0.15, 0.2) is 48.8 Å².